The zero-order chi connectivity index (χ0) is 21.4. The molecule has 5 rings (SSSR count). The average molecular weight is 418 g/mol. The van der Waals surface area contributed by atoms with Crippen molar-refractivity contribution >= 4 is 5.52 Å². The Labute approximate surface area is 181 Å². The number of likely N-dealkylation sites (N-methyl/N-ethyl adjacent to an activating group) is 1. The first-order valence-corrected chi connectivity index (χ1v) is 10.5. The van der Waals surface area contributed by atoms with Gasteiger partial charge in [0.2, 0.25) is 0 Å². The SMILES string of the molecule is COc1ccccc1-c1ccc2c([C@H]3CN(Cc4cnn(C)c4)CCN3C)nnn2c1. The van der Waals surface area contributed by atoms with Crippen LogP contribution in [-0.4, -0.2) is 68.2 Å². The van der Waals surface area contributed by atoms with Gasteiger partial charge in [-0.2, -0.15) is 5.10 Å². The van der Waals surface area contributed by atoms with E-state index in [9.17, 15) is 0 Å². The molecule has 31 heavy (non-hydrogen) atoms. The summed E-state index contributed by atoms with van der Waals surface area (Å²) in [4.78, 5) is 4.84. The monoisotopic (exact) mass is 417 g/mol. The number of hydrogen-bond acceptors (Lipinski definition) is 6. The van der Waals surface area contributed by atoms with Crippen molar-refractivity contribution in [3.63, 3.8) is 0 Å². The molecule has 1 fully saturated rings. The van der Waals surface area contributed by atoms with E-state index in [0.29, 0.717) is 0 Å². The standard InChI is InChI=1S/C23H27N7O/c1-27-10-11-29(14-17-12-24-28(2)13-17)16-21(27)23-20-9-8-18(15-30(20)26-25-23)19-6-4-5-7-22(19)31-3/h4-9,12-13,15,21H,10-11,14,16H2,1-3H3/t21-/m1/s1. The van der Waals surface area contributed by atoms with Crippen LogP contribution < -0.4 is 4.74 Å². The number of nitrogens with zero attached hydrogens (tertiary/aromatic N) is 7. The van der Waals surface area contributed by atoms with Crippen molar-refractivity contribution in [2.24, 2.45) is 7.05 Å². The minimum atomic E-state index is 0.194. The van der Waals surface area contributed by atoms with Crippen molar-refractivity contribution in [1.29, 1.82) is 0 Å². The van der Waals surface area contributed by atoms with E-state index < -0.39 is 0 Å². The quantitative estimate of drug-likeness (QED) is 0.497. The zero-order valence-electron chi connectivity index (χ0n) is 18.1. The van der Waals surface area contributed by atoms with Crippen molar-refractivity contribution in [2.75, 3.05) is 33.8 Å². The van der Waals surface area contributed by atoms with Crippen LogP contribution >= 0.6 is 0 Å². The molecule has 0 amide bonds. The number of ether oxygens (including phenoxy) is 1. The Balaban J connectivity index is 1.42. The van der Waals surface area contributed by atoms with Crippen molar-refractivity contribution in [1.82, 2.24) is 34.4 Å². The minimum Gasteiger partial charge on any atom is -0.496 e. The lowest BCUT2D eigenvalue weighted by Gasteiger charge is -2.38. The van der Waals surface area contributed by atoms with Crippen LogP contribution in [0.25, 0.3) is 16.6 Å². The molecule has 0 spiro atoms. The minimum absolute atomic E-state index is 0.194. The van der Waals surface area contributed by atoms with Gasteiger partial charge in [0.05, 0.1) is 24.9 Å². The van der Waals surface area contributed by atoms with Gasteiger partial charge in [-0.1, -0.05) is 29.5 Å². The highest BCUT2D eigenvalue weighted by atomic mass is 16.5. The maximum atomic E-state index is 5.52. The van der Waals surface area contributed by atoms with Gasteiger partial charge in [0.15, 0.2) is 0 Å². The highest BCUT2D eigenvalue weighted by molar-refractivity contribution is 5.71. The molecule has 4 heterocycles. The van der Waals surface area contributed by atoms with E-state index in [0.717, 1.165) is 54.3 Å². The van der Waals surface area contributed by atoms with Gasteiger partial charge in [-0.15, -0.1) is 5.10 Å². The van der Waals surface area contributed by atoms with E-state index in [2.05, 4.69) is 56.7 Å². The Bertz CT molecular complexity index is 1200. The summed E-state index contributed by atoms with van der Waals surface area (Å²) in [5.74, 6) is 0.847. The third-order valence-electron chi connectivity index (χ3n) is 6.07. The molecule has 0 saturated carbocycles. The summed E-state index contributed by atoms with van der Waals surface area (Å²) in [7, 11) is 5.82. The number of piperazine rings is 1. The Kier molecular flexibility index (Phi) is 5.17. The fraction of sp³-hybridized carbons (Fsp3) is 0.348. The molecule has 1 aromatic carbocycles. The van der Waals surface area contributed by atoms with Crippen LogP contribution in [0, 0.1) is 0 Å². The fourth-order valence-corrected chi connectivity index (χ4v) is 4.37. The Morgan fingerprint density at radius 1 is 1.06 bits per heavy atom. The number of para-hydroxylation sites is 1. The van der Waals surface area contributed by atoms with E-state index in [1.165, 1.54) is 5.56 Å². The van der Waals surface area contributed by atoms with Gasteiger partial charge in [0.1, 0.15) is 11.4 Å². The summed E-state index contributed by atoms with van der Waals surface area (Å²) < 4.78 is 9.26. The van der Waals surface area contributed by atoms with Gasteiger partial charge in [-0.3, -0.25) is 14.5 Å². The van der Waals surface area contributed by atoms with Gasteiger partial charge in [0.25, 0.3) is 0 Å². The van der Waals surface area contributed by atoms with Gasteiger partial charge < -0.3 is 4.74 Å². The maximum Gasteiger partial charge on any atom is 0.126 e. The third-order valence-corrected chi connectivity index (χ3v) is 6.07. The average Bonchev–Trinajstić information content (AvgIpc) is 3.40. The highest BCUT2D eigenvalue weighted by Crippen LogP contribution is 2.31. The molecule has 1 aliphatic rings. The molecule has 8 nitrogen and oxygen atoms in total. The second-order valence-electron chi connectivity index (χ2n) is 8.18. The van der Waals surface area contributed by atoms with Crippen molar-refractivity contribution in [2.45, 2.75) is 12.6 Å². The number of aromatic nitrogens is 5. The molecule has 0 unspecified atom stereocenters. The van der Waals surface area contributed by atoms with E-state index in [4.69, 9.17) is 4.74 Å². The lowest BCUT2D eigenvalue weighted by atomic mass is 10.0. The molecule has 160 valence electrons. The molecule has 0 bridgehead atoms. The Morgan fingerprint density at radius 2 is 1.94 bits per heavy atom. The van der Waals surface area contributed by atoms with Crippen LogP contribution in [0.3, 0.4) is 0 Å². The summed E-state index contributed by atoms with van der Waals surface area (Å²) in [6, 6.07) is 12.5. The lowest BCUT2D eigenvalue weighted by Crippen LogP contribution is -2.46. The first-order chi connectivity index (χ1) is 15.1. The largest absolute Gasteiger partial charge is 0.496 e. The number of methoxy groups -OCH3 is 1. The molecular weight excluding hydrogens is 390 g/mol. The highest BCUT2D eigenvalue weighted by Gasteiger charge is 2.29. The van der Waals surface area contributed by atoms with Crippen LogP contribution in [0.15, 0.2) is 55.0 Å². The first kappa shape index (κ1) is 19.7. The van der Waals surface area contributed by atoms with Crippen LogP contribution in [0.5, 0.6) is 5.75 Å². The number of aryl methyl sites for hydroxylation is 1. The normalized spacial score (nSPS) is 18.0. The topological polar surface area (TPSA) is 63.7 Å². The Morgan fingerprint density at radius 3 is 2.74 bits per heavy atom. The number of hydrogen-bond donors (Lipinski definition) is 0. The predicted octanol–water partition coefficient (Wildman–Crippen LogP) is 2.63. The van der Waals surface area contributed by atoms with E-state index >= 15 is 0 Å². The van der Waals surface area contributed by atoms with Crippen LogP contribution in [0.2, 0.25) is 0 Å². The second-order valence-corrected chi connectivity index (χ2v) is 8.18. The number of fused-ring (bicyclic) bond motifs is 1. The number of rotatable bonds is 5. The molecule has 1 saturated heterocycles. The van der Waals surface area contributed by atoms with Crippen LogP contribution in [-0.2, 0) is 13.6 Å². The molecule has 1 aliphatic heterocycles. The Hall–Kier alpha value is -3.23. The molecule has 4 aromatic rings. The zero-order valence-corrected chi connectivity index (χ0v) is 18.1. The van der Waals surface area contributed by atoms with Crippen molar-refractivity contribution < 1.29 is 4.74 Å². The summed E-state index contributed by atoms with van der Waals surface area (Å²) in [5.41, 5.74) is 5.39. The molecule has 0 aliphatic carbocycles. The molecule has 1 atom stereocenters. The molecule has 0 radical (unpaired) electrons. The second kappa shape index (κ2) is 8.13. The van der Waals surface area contributed by atoms with Gasteiger partial charge in [0, 0.05) is 62.3 Å². The number of pyridine rings is 1. The summed E-state index contributed by atoms with van der Waals surface area (Å²) in [6.07, 6.45) is 6.06. The van der Waals surface area contributed by atoms with Crippen LogP contribution in [0.4, 0.5) is 0 Å². The lowest BCUT2D eigenvalue weighted by molar-refractivity contribution is 0.0889. The van der Waals surface area contributed by atoms with E-state index in [1.54, 1.807) is 7.11 Å². The molecule has 3 aromatic heterocycles. The summed E-state index contributed by atoms with van der Waals surface area (Å²) >= 11 is 0. The molecular formula is C23H27N7O. The van der Waals surface area contributed by atoms with Gasteiger partial charge in [-0.25, -0.2) is 4.52 Å². The van der Waals surface area contributed by atoms with Gasteiger partial charge >= 0.3 is 0 Å². The van der Waals surface area contributed by atoms with E-state index in [-0.39, 0.29) is 6.04 Å². The first-order valence-electron chi connectivity index (χ1n) is 10.5. The fourth-order valence-electron chi connectivity index (χ4n) is 4.37. The van der Waals surface area contributed by atoms with Crippen LogP contribution in [0.1, 0.15) is 17.3 Å². The predicted molar refractivity (Wildman–Crippen MR) is 119 cm³/mol. The van der Waals surface area contributed by atoms with Gasteiger partial charge in [-0.05, 0) is 19.2 Å². The smallest absolute Gasteiger partial charge is 0.126 e. The van der Waals surface area contributed by atoms with Crippen molar-refractivity contribution in [3.05, 3.63) is 66.2 Å². The molecule has 0 N–H and O–H groups in total. The molecule has 8 heteroatoms. The van der Waals surface area contributed by atoms with Crippen molar-refractivity contribution in [3.8, 4) is 16.9 Å². The third kappa shape index (κ3) is 3.80. The summed E-state index contributed by atoms with van der Waals surface area (Å²) in [5, 5.41) is 13.3. The summed E-state index contributed by atoms with van der Waals surface area (Å²) in [6.45, 7) is 3.83. The maximum absolute atomic E-state index is 5.52. The van der Waals surface area contributed by atoms with E-state index in [1.807, 2.05) is 46.8 Å². The number of benzene rings is 1.